The molecule has 0 radical (unpaired) electrons. The van der Waals surface area contributed by atoms with E-state index in [1.807, 2.05) is 23.9 Å². The zero-order valence-electron chi connectivity index (χ0n) is 10.3. The second-order valence-electron chi connectivity index (χ2n) is 3.73. The van der Waals surface area contributed by atoms with Crippen LogP contribution in [0.4, 0.5) is 11.4 Å². The molecule has 2 N–H and O–H groups in total. The maximum Gasteiger partial charge on any atom is 0.0386 e. The quantitative estimate of drug-likeness (QED) is 0.584. The van der Waals surface area contributed by atoms with Crippen molar-refractivity contribution in [3.05, 3.63) is 24.3 Å². The molecule has 1 rings (SSSR count). The molecule has 0 bridgehead atoms. The van der Waals surface area contributed by atoms with Crippen molar-refractivity contribution in [1.29, 1.82) is 0 Å². The van der Waals surface area contributed by atoms with Crippen molar-refractivity contribution < 1.29 is 0 Å². The molecule has 0 heterocycles. The van der Waals surface area contributed by atoms with E-state index in [2.05, 4.69) is 30.9 Å². The molecule has 1 aromatic carbocycles. The highest BCUT2D eigenvalue weighted by Crippen LogP contribution is 2.17. The van der Waals surface area contributed by atoms with Gasteiger partial charge in [-0.3, -0.25) is 0 Å². The highest BCUT2D eigenvalue weighted by atomic mass is 32.2. The Labute approximate surface area is 103 Å². The Bertz CT molecular complexity index is 302. The van der Waals surface area contributed by atoms with Crippen LogP contribution in [0.25, 0.3) is 0 Å². The van der Waals surface area contributed by atoms with Crippen molar-refractivity contribution in [2.24, 2.45) is 0 Å². The maximum absolute atomic E-state index is 5.80. The number of rotatable bonds is 7. The Morgan fingerprint density at radius 3 is 2.75 bits per heavy atom. The van der Waals surface area contributed by atoms with Crippen LogP contribution in [0.1, 0.15) is 20.3 Å². The van der Waals surface area contributed by atoms with Gasteiger partial charge in [-0.1, -0.05) is 13.0 Å². The van der Waals surface area contributed by atoms with E-state index in [9.17, 15) is 0 Å². The summed E-state index contributed by atoms with van der Waals surface area (Å²) in [4.78, 5) is 2.38. The number of nitrogens with zero attached hydrogens (tertiary/aromatic N) is 1. The molecule has 0 saturated carbocycles. The predicted molar refractivity (Wildman–Crippen MR) is 76.4 cm³/mol. The molecule has 0 atom stereocenters. The minimum Gasteiger partial charge on any atom is -0.399 e. The third kappa shape index (κ3) is 4.35. The molecule has 90 valence electrons. The molecular formula is C13H22N2S. The Kier molecular flexibility index (Phi) is 6.16. The smallest absolute Gasteiger partial charge is 0.0386 e. The summed E-state index contributed by atoms with van der Waals surface area (Å²) in [6, 6.07) is 8.14. The van der Waals surface area contributed by atoms with Crippen LogP contribution in [-0.4, -0.2) is 24.6 Å². The lowest BCUT2D eigenvalue weighted by Crippen LogP contribution is -2.24. The first-order valence-corrected chi connectivity index (χ1v) is 7.11. The third-order valence-electron chi connectivity index (χ3n) is 2.54. The molecule has 0 fully saturated rings. The summed E-state index contributed by atoms with van der Waals surface area (Å²) in [6.07, 6.45) is 1.24. The van der Waals surface area contributed by atoms with Crippen LogP contribution >= 0.6 is 11.8 Å². The standard InChI is InChI=1S/C13H22N2S/c1-3-15(9-6-10-16-4-2)13-8-5-7-12(14)11-13/h5,7-8,11H,3-4,6,9-10,14H2,1-2H3. The molecule has 0 aliphatic carbocycles. The van der Waals surface area contributed by atoms with Crippen molar-refractivity contribution >= 4 is 23.1 Å². The fourth-order valence-electron chi connectivity index (χ4n) is 1.69. The van der Waals surface area contributed by atoms with Crippen LogP contribution in [0.3, 0.4) is 0 Å². The highest BCUT2D eigenvalue weighted by Gasteiger charge is 2.03. The van der Waals surface area contributed by atoms with Crippen molar-refractivity contribution in [1.82, 2.24) is 0 Å². The first-order valence-electron chi connectivity index (χ1n) is 5.96. The molecule has 2 nitrogen and oxygen atoms in total. The lowest BCUT2D eigenvalue weighted by atomic mass is 10.2. The summed E-state index contributed by atoms with van der Waals surface area (Å²) < 4.78 is 0. The maximum atomic E-state index is 5.80. The lowest BCUT2D eigenvalue weighted by molar-refractivity contribution is 0.797. The number of hydrogen-bond acceptors (Lipinski definition) is 3. The molecular weight excluding hydrogens is 216 g/mol. The Hall–Kier alpha value is -0.830. The Morgan fingerprint density at radius 2 is 2.12 bits per heavy atom. The van der Waals surface area contributed by atoms with Crippen molar-refractivity contribution in [3.8, 4) is 0 Å². The molecule has 0 unspecified atom stereocenters. The van der Waals surface area contributed by atoms with Gasteiger partial charge in [0.1, 0.15) is 0 Å². The molecule has 0 saturated heterocycles. The largest absolute Gasteiger partial charge is 0.399 e. The number of anilines is 2. The highest BCUT2D eigenvalue weighted by molar-refractivity contribution is 7.99. The Balaban J connectivity index is 2.47. The van der Waals surface area contributed by atoms with Gasteiger partial charge in [-0.2, -0.15) is 11.8 Å². The summed E-state index contributed by atoms with van der Waals surface area (Å²) in [6.45, 7) is 6.56. The van der Waals surface area contributed by atoms with Gasteiger partial charge >= 0.3 is 0 Å². The van der Waals surface area contributed by atoms with Gasteiger partial charge in [0.05, 0.1) is 0 Å². The van der Waals surface area contributed by atoms with Crippen LogP contribution in [0.2, 0.25) is 0 Å². The second-order valence-corrected chi connectivity index (χ2v) is 5.12. The van der Waals surface area contributed by atoms with Crippen LogP contribution in [0, 0.1) is 0 Å². The first kappa shape index (κ1) is 13.2. The topological polar surface area (TPSA) is 29.3 Å². The minimum atomic E-state index is 0.846. The molecule has 16 heavy (non-hydrogen) atoms. The summed E-state index contributed by atoms with van der Waals surface area (Å²) in [5, 5.41) is 0. The molecule has 3 heteroatoms. The van der Waals surface area contributed by atoms with Crippen LogP contribution < -0.4 is 10.6 Å². The normalized spacial score (nSPS) is 10.4. The molecule has 0 spiro atoms. The Morgan fingerprint density at radius 1 is 1.31 bits per heavy atom. The van der Waals surface area contributed by atoms with Crippen molar-refractivity contribution in [2.75, 3.05) is 35.2 Å². The van der Waals surface area contributed by atoms with Crippen molar-refractivity contribution in [3.63, 3.8) is 0 Å². The van der Waals surface area contributed by atoms with E-state index in [1.165, 1.54) is 23.6 Å². The summed E-state index contributed by atoms with van der Waals surface area (Å²) in [7, 11) is 0. The van der Waals surface area contributed by atoms with E-state index in [4.69, 9.17) is 5.73 Å². The average Bonchev–Trinajstić information content (AvgIpc) is 2.29. The first-order chi connectivity index (χ1) is 7.77. The summed E-state index contributed by atoms with van der Waals surface area (Å²) in [5.74, 6) is 2.46. The minimum absolute atomic E-state index is 0.846. The van der Waals surface area contributed by atoms with Gasteiger partial charge in [-0.25, -0.2) is 0 Å². The SMILES string of the molecule is CCSCCCN(CC)c1cccc(N)c1. The van der Waals surface area contributed by atoms with Crippen molar-refractivity contribution in [2.45, 2.75) is 20.3 Å². The van der Waals surface area contributed by atoms with Crippen LogP contribution in [0.5, 0.6) is 0 Å². The number of hydrogen-bond donors (Lipinski definition) is 1. The summed E-state index contributed by atoms with van der Waals surface area (Å²) >= 11 is 2.01. The van der Waals surface area contributed by atoms with Gasteiger partial charge in [-0.05, 0) is 43.0 Å². The van der Waals surface area contributed by atoms with Crippen LogP contribution in [0.15, 0.2) is 24.3 Å². The van der Waals surface area contributed by atoms with E-state index in [0.717, 1.165) is 18.8 Å². The average molecular weight is 238 g/mol. The fraction of sp³-hybridized carbons (Fsp3) is 0.538. The lowest BCUT2D eigenvalue weighted by Gasteiger charge is -2.23. The zero-order valence-corrected chi connectivity index (χ0v) is 11.1. The van der Waals surface area contributed by atoms with Gasteiger partial charge in [0.15, 0.2) is 0 Å². The van der Waals surface area contributed by atoms with E-state index in [0.29, 0.717) is 0 Å². The van der Waals surface area contributed by atoms with E-state index < -0.39 is 0 Å². The van der Waals surface area contributed by atoms with Gasteiger partial charge < -0.3 is 10.6 Å². The number of benzene rings is 1. The molecule has 0 aliphatic heterocycles. The van der Waals surface area contributed by atoms with Gasteiger partial charge in [0, 0.05) is 24.5 Å². The molecule has 0 amide bonds. The molecule has 0 aromatic heterocycles. The van der Waals surface area contributed by atoms with E-state index in [-0.39, 0.29) is 0 Å². The predicted octanol–water partition coefficient (Wildman–Crippen LogP) is 3.24. The fourth-order valence-corrected chi connectivity index (χ4v) is 2.31. The zero-order chi connectivity index (χ0) is 11.8. The van der Waals surface area contributed by atoms with Gasteiger partial charge in [0.25, 0.3) is 0 Å². The molecule has 1 aromatic rings. The van der Waals surface area contributed by atoms with E-state index >= 15 is 0 Å². The number of nitrogen functional groups attached to an aromatic ring is 1. The monoisotopic (exact) mass is 238 g/mol. The summed E-state index contributed by atoms with van der Waals surface area (Å²) in [5.41, 5.74) is 7.88. The van der Waals surface area contributed by atoms with Gasteiger partial charge in [-0.15, -0.1) is 0 Å². The van der Waals surface area contributed by atoms with Gasteiger partial charge in [0.2, 0.25) is 0 Å². The second kappa shape index (κ2) is 7.44. The third-order valence-corrected chi connectivity index (χ3v) is 3.52. The number of thioether (sulfide) groups is 1. The molecule has 0 aliphatic rings. The number of nitrogens with two attached hydrogens (primary N) is 1. The van der Waals surface area contributed by atoms with E-state index in [1.54, 1.807) is 0 Å². The van der Waals surface area contributed by atoms with Crippen LogP contribution in [-0.2, 0) is 0 Å².